The molecule has 1 aromatic rings. The number of rotatable bonds is 5. The number of likely N-dealkylation sites (tertiary alicyclic amines) is 1. The molecule has 0 radical (unpaired) electrons. The zero-order chi connectivity index (χ0) is 15.4. The Kier molecular flexibility index (Phi) is 4.95. The van der Waals surface area contributed by atoms with E-state index in [-0.39, 0.29) is 17.9 Å². The maximum absolute atomic E-state index is 12.1. The van der Waals surface area contributed by atoms with E-state index in [1.54, 1.807) is 32.0 Å². The van der Waals surface area contributed by atoms with Gasteiger partial charge in [-0.1, -0.05) is 5.16 Å². The van der Waals surface area contributed by atoms with E-state index in [2.05, 4.69) is 15.4 Å². The van der Waals surface area contributed by atoms with Crippen molar-refractivity contribution in [3.05, 3.63) is 11.8 Å². The highest BCUT2D eigenvalue weighted by molar-refractivity contribution is 5.89. The highest BCUT2D eigenvalue weighted by Crippen LogP contribution is 2.19. The second kappa shape index (κ2) is 6.71. The molecule has 0 saturated carbocycles. The van der Waals surface area contributed by atoms with Gasteiger partial charge in [0.1, 0.15) is 5.76 Å². The lowest BCUT2D eigenvalue weighted by Crippen LogP contribution is -2.43. The van der Waals surface area contributed by atoms with Crippen molar-refractivity contribution in [1.29, 1.82) is 0 Å². The van der Waals surface area contributed by atoms with E-state index in [0.717, 1.165) is 19.4 Å². The maximum atomic E-state index is 12.1. The van der Waals surface area contributed by atoms with Crippen molar-refractivity contribution in [2.45, 2.75) is 32.2 Å². The van der Waals surface area contributed by atoms with Crippen LogP contribution in [0.4, 0.5) is 5.82 Å². The third-order valence-electron chi connectivity index (χ3n) is 3.61. The monoisotopic (exact) mass is 294 g/mol. The van der Waals surface area contributed by atoms with Gasteiger partial charge in [-0.2, -0.15) is 0 Å². The van der Waals surface area contributed by atoms with Crippen LogP contribution in [-0.2, 0) is 9.59 Å². The number of carbonyl (C=O) groups excluding carboxylic acids is 2. The largest absolute Gasteiger partial charge is 0.360 e. The summed E-state index contributed by atoms with van der Waals surface area (Å²) in [5.41, 5.74) is 0. The van der Waals surface area contributed by atoms with E-state index in [1.807, 2.05) is 0 Å². The van der Waals surface area contributed by atoms with Crippen LogP contribution < -0.4 is 5.32 Å². The number of nitrogens with zero attached hydrogens (tertiary/aromatic N) is 3. The van der Waals surface area contributed by atoms with E-state index in [9.17, 15) is 9.59 Å². The van der Waals surface area contributed by atoms with Gasteiger partial charge in [-0.15, -0.1) is 0 Å². The normalized spacial score (nSPS) is 18.7. The van der Waals surface area contributed by atoms with Gasteiger partial charge in [-0.3, -0.25) is 14.5 Å². The predicted molar refractivity (Wildman–Crippen MR) is 77.8 cm³/mol. The van der Waals surface area contributed by atoms with Gasteiger partial charge in [-0.05, 0) is 26.3 Å². The first kappa shape index (κ1) is 15.5. The van der Waals surface area contributed by atoms with Gasteiger partial charge in [0.05, 0.1) is 6.04 Å². The van der Waals surface area contributed by atoms with Gasteiger partial charge >= 0.3 is 0 Å². The minimum Gasteiger partial charge on any atom is -0.360 e. The zero-order valence-corrected chi connectivity index (χ0v) is 12.8. The van der Waals surface area contributed by atoms with E-state index in [4.69, 9.17) is 4.52 Å². The van der Waals surface area contributed by atoms with Crippen LogP contribution in [0.3, 0.4) is 0 Å². The van der Waals surface area contributed by atoms with Crippen LogP contribution in [0.25, 0.3) is 0 Å². The molecule has 0 bridgehead atoms. The second-order valence-electron chi connectivity index (χ2n) is 5.55. The highest BCUT2D eigenvalue weighted by atomic mass is 16.5. The standard InChI is InChI=1S/C14H22N4O3/c1-10-9-12(16-21-10)15-13(19)6-8-18-7-4-5-11(18)14(20)17(2)3/h9,11H,4-8H2,1-3H3,(H,15,16,19)/t11-/m0/s1. The summed E-state index contributed by atoms with van der Waals surface area (Å²) >= 11 is 0. The van der Waals surface area contributed by atoms with Gasteiger partial charge in [0.2, 0.25) is 11.8 Å². The van der Waals surface area contributed by atoms with Gasteiger partial charge in [0.25, 0.3) is 0 Å². The fourth-order valence-corrected chi connectivity index (χ4v) is 2.55. The lowest BCUT2D eigenvalue weighted by atomic mass is 10.2. The smallest absolute Gasteiger partial charge is 0.239 e. The zero-order valence-electron chi connectivity index (χ0n) is 12.8. The number of hydrogen-bond acceptors (Lipinski definition) is 5. The Bertz CT molecular complexity index is 512. The van der Waals surface area contributed by atoms with Crippen molar-refractivity contribution < 1.29 is 14.1 Å². The fraction of sp³-hybridized carbons (Fsp3) is 0.643. The SMILES string of the molecule is Cc1cc(NC(=O)CCN2CCC[C@H]2C(=O)N(C)C)no1. The molecule has 7 heteroatoms. The molecule has 1 saturated heterocycles. The van der Waals surface area contributed by atoms with Crippen LogP contribution >= 0.6 is 0 Å². The second-order valence-corrected chi connectivity index (χ2v) is 5.55. The fourth-order valence-electron chi connectivity index (χ4n) is 2.55. The molecule has 1 aromatic heterocycles. The Hall–Kier alpha value is -1.89. The molecule has 0 aromatic carbocycles. The summed E-state index contributed by atoms with van der Waals surface area (Å²) in [6.45, 7) is 3.21. The molecular formula is C14H22N4O3. The lowest BCUT2D eigenvalue weighted by Gasteiger charge is -2.25. The van der Waals surface area contributed by atoms with Crippen LogP contribution in [0.2, 0.25) is 0 Å². The molecule has 21 heavy (non-hydrogen) atoms. The first-order chi connectivity index (χ1) is 9.97. The number of likely N-dealkylation sites (N-methyl/N-ethyl adjacent to an activating group) is 1. The number of aryl methyl sites for hydroxylation is 1. The topological polar surface area (TPSA) is 78.7 Å². The summed E-state index contributed by atoms with van der Waals surface area (Å²) in [5, 5.41) is 6.41. The van der Waals surface area contributed by atoms with E-state index in [1.165, 1.54) is 0 Å². The first-order valence-corrected chi connectivity index (χ1v) is 7.16. The summed E-state index contributed by atoms with van der Waals surface area (Å²) in [5.74, 6) is 1.08. The van der Waals surface area contributed by atoms with Crippen molar-refractivity contribution in [3.8, 4) is 0 Å². The quantitative estimate of drug-likeness (QED) is 0.871. The molecule has 1 aliphatic heterocycles. The van der Waals surface area contributed by atoms with Gasteiger partial charge in [0.15, 0.2) is 5.82 Å². The minimum absolute atomic E-state index is 0.0953. The first-order valence-electron chi connectivity index (χ1n) is 7.16. The highest BCUT2D eigenvalue weighted by Gasteiger charge is 2.31. The number of carbonyl (C=O) groups is 2. The minimum atomic E-state index is -0.119. The number of amides is 2. The van der Waals surface area contributed by atoms with Crippen LogP contribution in [0.5, 0.6) is 0 Å². The summed E-state index contributed by atoms with van der Waals surface area (Å²) in [6, 6.07) is 1.58. The molecule has 1 fully saturated rings. The van der Waals surface area contributed by atoms with Crippen molar-refractivity contribution in [1.82, 2.24) is 15.0 Å². The summed E-state index contributed by atoms with van der Waals surface area (Å²) < 4.78 is 4.89. The Balaban J connectivity index is 1.81. The van der Waals surface area contributed by atoms with Gasteiger partial charge in [-0.25, -0.2) is 0 Å². The van der Waals surface area contributed by atoms with Crippen LogP contribution in [0, 0.1) is 6.92 Å². The number of nitrogens with one attached hydrogen (secondary N) is 1. The molecule has 1 aliphatic rings. The lowest BCUT2D eigenvalue weighted by molar-refractivity contribution is -0.133. The van der Waals surface area contributed by atoms with Gasteiger partial charge < -0.3 is 14.7 Å². The summed E-state index contributed by atoms with van der Waals surface area (Å²) in [4.78, 5) is 27.6. The summed E-state index contributed by atoms with van der Waals surface area (Å²) in [6.07, 6.45) is 2.19. The predicted octanol–water partition coefficient (Wildman–Crippen LogP) is 0.864. The van der Waals surface area contributed by atoms with E-state index < -0.39 is 0 Å². The molecule has 2 heterocycles. The molecule has 116 valence electrons. The third kappa shape index (κ3) is 4.04. The molecule has 0 aliphatic carbocycles. The molecule has 1 N–H and O–H groups in total. The van der Waals surface area contributed by atoms with Crippen molar-refractivity contribution in [3.63, 3.8) is 0 Å². The third-order valence-corrected chi connectivity index (χ3v) is 3.61. The van der Waals surface area contributed by atoms with Crippen LogP contribution in [0.15, 0.2) is 10.6 Å². The number of hydrogen-bond donors (Lipinski definition) is 1. The summed E-state index contributed by atoms with van der Waals surface area (Å²) in [7, 11) is 3.52. The maximum Gasteiger partial charge on any atom is 0.239 e. The number of anilines is 1. The van der Waals surface area contributed by atoms with Crippen molar-refractivity contribution in [2.75, 3.05) is 32.5 Å². The van der Waals surface area contributed by atoms with E-state index in [0.29, 0.717) is 24.5 Å². The van der Waals surface area contributed by atoms with Crippen molar-refractivity contribution in [2.24, 2.45) is 0 Å². The average Bonchev–Trinajstić information content (AvgIpc) is 3.04. The van der Waals surface area contributed by atoms with E-state index >= 15 is 0 Å². The molecule has 2 rings (SSSR count). The molecule has 1 atom stereocenters. The molecule has 0 spiro atoms. The van der Waals surface area contributed by atoms with Crippen molar-refractivity contribution >= 4 is 17.6 Å². The Morgan fingerprint density at radius 1 is 1.52 bits per heavy atom. The molecular weight excluding hydrogens is 272 g/mol. The average molecular weight is 294 g/mol. The Morgan fingerprint density at radius 2 is 2.29 bits per heavy atom. The Labute approximate surface area is 124 Å². The number of aromatic nitrogens is 1. The van der Waals surface area contributed by atoms with Crippen LogP contribution in [0.1, 0.15) is 25.0 Å². The molecule has 2 amide bonds. The van der Waals surface area contributed by atoms with Crippen LogP contribution in [-0.4, -0.2) is 60.0 Å². The Morgan fingerprint density at radius 3 is 2.90 bits per heavy atom. The van der Waals surface area contributed by atoms with Gasteiger partial charge in [0, 0.05) is 33.1 Å². The molecule has 7 nitrogen and oxygen atoms in total. The molecule has 0 unspecified atom stereocenters.